The highest BCUT2D eigenvalue weighted by Gasteiger charge is 2.22. The molecule has 4 heteroatoms. The van der Waals surface area contributed by atoms with Crippen molar-refractivity contribution in [1.29, 1.82) is 0 Å². The van der Waals surface area contributed by atoms with E-state index in [1.165, 1.54) is 87.9 Å². The summed E-state index contributed by atoms with van der Waals surface area (Å²) in [5.74, 6) is 0. The van der Waals surface area contributed by atoms with E-state index in [1.54, 1.807) is 0 Å². The number of benzene rings is 17. The molecule has 0 aliphatic heterocycles. The van der Waals surface area contributed by atoms with E-state index in [2.05, 4.69) is 431 Å². The summed E-state index contributed by atoms with van der Waals surface area (Å²) in [5.41, 5.74) is 29.8. The maximum Gasteiger partial charge on any atom is 0.0619 e. The molecule has 488 valence electrons. The summed E-state index contributed by atoms with van der Waals surface area (Å²) in [6, 6.07) is 151. The Morgan fingerprint density at radius 2 is 0.500 bits per heavy atom. The molecule has 0 atom stereocenters. The molecule has 0 aliphatic carbocycles. The van der Waals surface area contributed by atoms with Crippen LogP contribution in [-0.4, -0.2) is 9.13 Å². The average Bonchev–Trinajstić information content (AvgIpc) is 1.58. The maximum absolute atomic E-state index is 2.46. The van der Waals surface area contributed by atoms with Crippen LogP contribution in [0.5, 0.6) is 0 Å². The van der Waals surface area contributed by atoms with Gasteiger partial charge >= 0.3 is 0 Å². The van der Waals surface area contributed by atoms with Gasteiger partial charge in [-0.1, -0.05) is 279 Å². The van der Waals surface area contributed by atoms with Gasteiger partial charge in [0.25, 0.3) is 0 Å². The van der Waals surface area contributed by atoms with Crippen molar-refractivity contribution in [1.82, 2.24) is 9.13 Å². The predicted octanol–water partition coefficient (Wildman–Crippen LogP) is 27.6. The second kappa shape index (κ2) is 26.4. The third-order valence-corrected chi connectivity index (χ3v) is 20.7. The molecule has 0 fully saturated rings. The van der Waals surface area contributed by atoms with Crippen molar-refractivity contribution < 1.29 is 0 Å². The number of hydrogen-bond acceptors (Lipinski definition) is 2. The summed E-state index contributed by atoms with van der Waals surface area (Å²) in [4.78, 5) is 4.76. The highest BCUT2D eigenvalue weighted by Crippen LogP contribution is 2.45. The second-order valence-electron chi connectivity index (χ2n) is 26.9. The van der Waals surface area contributed by atoms with Crippen LogP contribution < -0.4 is 9.80 Å². The molecule has 2 heterocycles. The van der Waals surface area contributed by atoms with Crippen LogP contribution in [0.3, 0.4) is 0 Å². The van der Waals surface area contributed by atoms with E-state index in [4.69, 9.17) is 0 Å². The lowest BCUT2D eigenvalue weighted by Gasteiger charge is -2.26. The molecule has 0 radical (unpaired) electrons. The first-order chi connectivity index (χ1) is 51.5. The summed E-state index contributed by atoms with van der Waals surface area (Å²) in [6.45, 7) is 0. The lowest BCUT2D eigenvalue weighted by molar-refractivity contribution is 1.18. The predicted molar refractivity (Wildman–Crippen MR) is 440 cm³/mol. The van der Waals surface area contributed by atoms with E-state index >= 15 is 0 Å². The molecule has 19 aromatic rings. The number of aromatic nitrogens is 2. The smallest absolute Gasteiger partial charge is 0.0619 e. The molecule has 0 unspecified atom stereocenters. The van der Waals surface area contributed by atoms with Gasteiger partial charge in [0.2, 0.25) is 0 Å². The lowest BCUT2D eigenvalue weighted by Crippen LogP contribution is -2.10. The molecule has 0 bridgehead atoms. The highest BCUT2D eigenvalue weighted by atomic mass is 15.1. The molecular formula is C100H68N4. The van der Waals surface area contributed by atoms with E-state index < -0.39 is 0 Å². The van der Waals surface area contributed by atoms with Crippen molar-refractivity contribution in [2.75, 3.05) is 9.80 Å². The van der Waals surface area contributed by atoms with E-state index in [9.17, 15) is 0 Å². The van der Waals surface area contributed by atoms with Crippen LogP contribution in [0.25, 0.3) is 144 Å². The van der Waals surface area contributed by atoms with Crippen molar-refractivity contribution in [2.45, 2.75) is 0 Å². The minimum atomic E-state index is 1.07. The summed E-state index contributed by atoms with van der Waals surface area (Å²) in [6.07, 6.45) is 0. The highest BCUT2D eigenvalue weighted by molar-refractivity contribution is 6.15. The average molecular weight is 1330 g/mol. The van der Waals surface area contributed by atoms with Crippen molar-refractivity contribution in [2.24, 2.45) is 0 Å². The van der Waals surface area contributed by atoms with Crippen LogP contribution in [0.1, 0.15) is 0 Å². The first-order valence-corrected chi connectivity index (χ1v) is 35.7. The van der Waals surface area contributed by atoms with Crippen molar-refractivity contribution in [3.63, 3.8) is 0 Å². The van der Waals surface area contributed by atoms with Gasteiger partial charge in [-0.2, -0.15) is 0 Å². The molecule has 19 rings (SSSR count). The second-order valence-corrected chi connectivity index (χ2v) is 26.9. The third-order valence-electron chi connectivity index (χ3n) is 20.7. The third kappa shape index (κ3) is 11.3. The maximum atomic E-state index is 2.46. The lowest BCUT2D eigenvalue weighted by atomic mass is 9.97. The SMILES string of the molecule is c1ccc(-c2ccc(N(c3ccc(-c4ccccc4)cc3)c3cccc(-c4cccc5c6cc(-c7cccc(-c8ccc(N(c9ccc(-c%10ccccc%10)cc9)c9ccc%10cc(-c%11ccc(-n%12c%13ccccc%13c%13ccccc%13%12)cc%11)ccc%10c9)cc8)c7)ccc6n(-c6ccccc6)c45)c3)cc2)cc1. The first-order valence-electron chi connectivity index (χ1n) is 35.7. The fourth-order valence-electron chi connectivity index (χ4n) is 15.6. The Bertz CT molecular complexity index is 6200. The number of para-hydroxylation sites is 4. The number of nitrogens with zero attached hydrogens (tertiary/aromatic N) is 4. The molecule has 0 N–H and O–H groups in total. The van der Waals surface area contributed by atoms with Gasteiger partial charge in [-0.05, 0) is 217 Å². The van der Waals surface area contributed by atoms with Gasteiger partial charge in [0.1, 0.15) is 0 Å². The van der Waals surface area contributed by atoms with Gasteiger partial charge in [0, 0.05) is 72.6 Å². The van der Waals surface area contributed by atoms with Crippen LogP contribution in [0.2, 0.25) is 0 Å². The standard InChI is InChI=1S/C100H68N4/c1-5-20-69(21-6-1)72-40-52-85(53-41-72)101(86-54-42-73(43-55-86)70-22-7-2-8-23-70)90-31-18-28-83(67-90)92-34-19-35-95-96-68-82(51-63-99(96)104(100(92)95)84-29-11-4-12-30-84)78-27-17-26-77(64-78)75-46-58-88(59-47-75)102(87-56-44-74(45-57-87)71-24-9-3-10-25-71)91-62-50-80-65-79(38-39-81(80)66-91)76-48-60-89(61-49-76)103-97-36-15-13-32-93(97)94-33-14-16-37-98(94)103/h1-68H. The molecule has 0 spiro atoms. The Morgan fingerprint density at radius 3 is 1.05 bits per heavy atom. The Morgan fingerprint density at radius 1 is 0.163 bits per heavy atom. The topological polar surface area (TPSA) is 16.3 Å². The minimum absolute atomic E-state index is 1.07. The molecule has 4 nitrogen and oxygen atoms in total. The van der Waals surface area contributed by atoms with E-state index in [1.807, 2.05) is 0 Å². The van der Waals surface area contributed by atoms with Gasteiger partial charge in [-0.25, -0.2) is 0 Å². The Balaban J connectivity index is 0.647. The van der Waals surface area contributed by atoms with Crippen LogP contribution in [0, 0.1) is 0 Å². The first kappa shape index (κ1) is 61.3. The summed E-state index contributed by atoms with van der Waals surface area (Å²) in [7, 11) is 0. The Hall–Kier alpha value is -13.8. The van der Waals surface area contributed by atoms with Crippen LogP contribution in [0.15, 0.2) is 413 Å². The molecule has 104 heavy (non-hydrogen) atoms. The van der Waals surface area contributed by atoms with E-state index in [-0.39, 0.29) is 0 Å². The molecule has 0 amide bonds. The van der Waals surface area contributed by atoms with Crippen molar-refractivity contribution in [3.05, 3.63) is 413 Å². The quantitative estimate of drug-likeness (QED) is 0.102. The zero-order valence-corrected chi connectivity index (χ0v) is 57.0. The number of anilines is 6. The summed E-state index contributed by atoms with van der Waals surface area (Å²) in [5, 5.41) is 7.28. The molecule has 0 aliphatic rings. The zero-order valence-electron chi connectivity index (χ0n) is 57.0. The Labute approximate surface area is 605 Å². The summed E-state index contributed by atoms with van der Waals surface area (Å²) >= 11 is 0. The van der Waals surface area contributed by atoms with Gasteiger partial charge < -0.3 is 18.9 Å². The van der Waals surface area contributed by atoms with Gasteiger partial charge in [0.05, 0.1) is 22.1 Å². The normalized spacial score (nSPS) is 11.5. The fraction of sp³-hybridized carbons (Fsp3) is 0. The van der Waals surface area contributed by atoms with Gasteiger partial charge in [-0.15, -0.1) is 0 Å². The van der Waals surface area contributed by atoms with Crippen LogP contribution in [-0.2, 0) is 0 Å². The molecular weight excluding hydrogens is 1260 g/mol. The summed E-state index contributed by atoms with van der Waals surface area (Å²) < 4.78 is 4.83. The van der Waals surface area contributed by atoms with Gasteiger partial charge in [0.15, 0.2) is 0 Å². The molecule has 0 saturated heterocycles. The van der Waals surface area contributed by atoms with Crippen molar-refractivity contribution >= 4 is 88.5 Å². The fourth-order valence-corrected chi connectivity index (χ4v) is 15.6. The zero-order chi connectivity index (χ0) is 68.9. The van der Waals surface area contributed by atoms with Crippen LogP contribution >= 0.6 is 0 Å². The molecule has 17 aromatic carbocycles. The molecule has 2 aromatic heterocycles. The number of fused-ring (bicyclic) bond motifs is 7. The van der Waals surface area contributed by atoms with Gasteiger partial charge in [-0.3, -0.25) is 0 Å². The number of rotatable bonds is 15. The minimum Gasteiger partial charge on any atom is -0.310 e. The van der Waals surface area contributed by atoms with E-state index in [0.717, 1.165) is 89.9 Å². The Kier molecular flexibility index (Phi) is 15.5. The largest absolute Gasteiger partial charge is 0.310 e. The molecule has 0 saturated carbocycles. The van der Waals surface area contributed by atoms with Crippen LogP contribution in [0.4, 0.5) is 34.1 Å². The van der Waals surface area contributed by atoms with Crippen molar-refractivity contribution in [3.8, 4) is 89.3 Å². The monoisotopic (exact) mass is 1320 g/mol. The number of hydrogen-bond donors (Lipinski definition) is 0. The van der Waals surface area contributed by atoms with E-state index in [0.29, 0.717) is 0 Å².